The van der Waals surface area contributed by atoms with Gasteiger partial charge in [-0.2, -0.15) is 0 Å². The SMILES string of the molecule is [C-]#[N+]c1ccc2c(c1)oc1c(-c3c4ccccc4nc[n+]3C)c(C)ccc12. The summed E-state index contributed by atoms with van der Waals surface area (Å²) >= 11 is 0. The maximum Gasteiger partial charge on any atom is 0.287 e. The van der Waals surface area contributed by atoms with Gasteiger partial charge in [-0.3, -0.25) is 0 Å². The van der Waals surface area contributed by atoms with Gasteiger partial charge >= 0.3 is 0 Å². The Morgan fingerprint density at radius 3 is 2.67 bits per heavy atom. The van der Waals surface area contributed by atoms with Gasteiger partial charge in [0.25, 0.3) is 6.33 Å². The van der Waals surface area contributed by atoms with Gasteiger partial charge in [-0.15, -0.1) is 0 Å². The summed E-state index contributed by atoms with van der Waals surface area (Å²) < 4.78 is 8.33. The van der Waals surface area contributed by atoms with Gasteiger partial charge in [-0.1, -0.05) is 36.4 Å². The Morgan fingerprint density at radius 2 is 1.81 bits per heavy atom. The monoisotopic (exact) mass is 350 g/mol. The quantitative estimate of drug-likeness (QED) is 0.296. The minimum absolute atomic E-state index is 0.583. The van der Waals surface area contributed by atoms with E-state index in [1.165, 1.54) is 0 Å². The van der Waals surface area contributed by atoms with Crippen LogP contribution in [0.5, 0.6) is 0 Å². The third kappa shape index (κ3) is 2.22. The maximum atomic E-state index is 7.26. The first-order valence-corrected chi connectivity index (χ1v) is 8.74. The molecule has 0 bridgehead atoms. The first kappa shape index (κ1) is 15.5. The zero-order valence-electron chi connectivity index (χ0n) is 15.0. The van der Waals surface area contributed by atoms with Crippen LogP contribution in [0.15, 0.2) is 65.3 Å². The van der Waals surface area contributed by atoms with E-state index >= 15 is 0 Å². The van der Waals surface area contributed by atoms with Crippen molar-refractivity contribution in [3.8, 4) is 11.3 Å². The minimum Gasteiger partial charge on any atom is -0.457 e. The molecule has 2 aromatic heterocycles. The van der Waals surface area contributed by atoms with Crippen LogP contribution >= 0.6 is 0 Å². The molecule has 0 aliphatic carbocycles. The summed E-state index contributed by atoms with van der Waals surface area (Å²) in [6, 6.07) is 18.0. The van der Waals surface area contributed by atoms with Crippen molar-refractivity contribution in [3.63, 3.8) is 0 Å². The Bertz CT molecular complexity index is 1410. The third-order valence-electron chi connectivity index (χ3n) is 5.08. The molecule has 0 radical (unpaired) electrons. The second-order valence-electron chi connectivity index (χ2n) is 6.75. The van der Waals surface area contributed by atoms with Crippen LogP contribution in [0, 0.1) is 13.5 Å². The van der Waals surface area contributed by atoms with Crippen LogP contribution in [0.25, 0.3) is 48.9 Å². The molecule has 4 nitrogen and oxygen atoms in total. The van der Waals surface area contributed by atoms with E-state index in [9.17, 15) is 0 Å². The summed E-state index contributed by atoms with van der Waals surface area (Å²) in [7, 11) is 2.01. The molecule has 0 unspecified atom stereocenters. The molecule has 0 amide bonds. The van der Waals surface area contributed by atoms with Crippen molar-refractivity contribution in [3.05, 3.63) is 77.9 Å². The molecule has 2 heterocycles. The average molecular weight is 350 g/mol. The second-order valence-corrected chi connectivity index (χ2v) is 6.75. The normalized spacial score (nSPS) is 11.3. The van der Waals surface area contributed by atoms with Crippen LogP contribution in [0.3, 0.4) is 0 Å². The van der Waals surface area contributed by atoms with Crippen molar-refractivity contribution in [2.75, 3.05) is 0 Å². The van der Waals surface area contributed by atoms with Gasteiger partial charge in [-0.05, 0) is 35.7 Å². The summed E-state index contributed by atoms with van der Waals surface area (Å²) in [4.78, 5) is 8.06. The molecule has 0 fully saturated rings. The van der Waals surface area contributed by atoms with Crippen LogP contribution in [-0.4, -0.2) is 4.98 Å². The minimum atomic E-state index is 0.583. The van der Waals surface area contributed by atoms with Crippen molar-refractivity contribution in [1.29, 1.82) is 0 Å². The largest absolute Gasteiger partial charge is 0.457 e. The van der Waals surface area contributed by atoms with Gasteiger partial charge in [0.1, 0.15) is 16.9 Å². The van der Waals surface area contributed by atoms with Gasteiger partial charge < -0.3 is 4.42 Å². The van der Waals surface area contributed by atoms with Gasteiger partial charge in [-0.25, -0.2) is 9.41 Å². The number of para-hydroxylation sites is 1. The highest BCUT2D eigenvalue weighted by Gasteiger charge is 2.22. The Morgan fingerprint density at radius 1 is 1.00 bits per heavy atom. The second kappa shape index (κ2) is 5.65. The summed E-state index contributed by atoms with van der Waals surface area (Å²) in [6.07, 6.45) is 1.84. The molecule has 27 heavy (non-hydrogen) atoms. The average Bonchev–Trinajstić information content (AvgIpc) is 3.06. The molecule has 128 valence electrons. The molecule has 0 spiro atoms. The number of aromatic nitrogens is 2. The lowest BCUT2D eigenvalue weighted by molar-refractivity contribution is -0.662. The Kier molecular flexibility index (Phi) is 3.25. The highest BCUT2D eigenvalue weighted by atomic mass is 16.3. The molecule has 0 atom stereocenters. The van der Waals surface area contributed by atoms with E-state index in [0.29, 0.717) is 5.69 Å². The molecule has 5 aromatic rings. The standard InChI is InChI=1S/C23H16N3O/c1-14-8-10-17-16-11-9-15(24-2)12-20(16)27-23(17)21(14)22-18-6-4-5-7-19(18)25-13-26(22)3/h4-13H,1,3H3/q+1. The summed E-state index contributed by atoms with van der Waals surface area (Å²) in [5, 5.41) is 3.17. The van der Waals surface area contributed by atoms with Crippen molar-refractivity contribution < 1.29 is 8.98 Å². The van der Waals surface area contributed by atoms with Crippen LogP contribution in [0.4, 0.5) is 5.69 Å². The topological polar surface area (TPSA) is 34.3 Å². The predicted molar refractivity (Wildman–Crippen MR) is 107 cm³/mol. The lowest BCUT2D eigenvalue weighted by atomic mass is 9.98. The number of rotatable bonds is 1. The highest BCUT2D eigenvalue weighted by molar-refractivity contribution is 6.12. The molecule has 0 aliphatic heterocycles. The number of fused-ring (bicyclic) bond motifs is 4. The number of hydrogen-bond donors (Lipinski definition) is 0. The number of aryl methyl sites for hydroxylation is 2. The summed E-state index contributed by atoms with van der Waals surface area (Å²) in [5.41, 5.74) is 6.40. The Balaban J connectivity index is 1.96. The van der Waals surface area contributed by atoms with Crippen LogP contribution < -0.4 is 4.57 Å². The fourth-order valence-electron chi connectivity index (χ4n) is 3.78. The van der Waals surface area contributed by atoms with E-state index in [2.05, 4.69) is 35.0 Å². The van der Waals surface area contributed by atoms with Crippen molar-refractivity contribution in [1.82, 2.24) is 4.98 Å². The zero-order chi connectivity index (χ0) is 18.5. The Hall–Kier alpha value is -3.71. The lowest BCUT2D eigenvalue weighted by Crippen LogP contribution is -2.31. The molecule has 4 heteroatoms. The molecule has 0 N–H and O–H groups in total. The first-order valence-electron chi connectivity index (χ1n) is 8.74. The molecule has 3 aromatic carbocycles. The van der Waals surface area contributed by atoms with E-state index in [1.54, 1.807) is 0 Å². The summed E-state index contributed by atoms with van der Waals surface area (Å²) in [5.74, 6) is 0. The van der Waals surface area contributed by atoms with E-state index in [1.807, 2.05) is 54.3 Å². The van der Waals surface area contributed by atoms with E-state index < -0.39 is 0 Å². The number of hydrogen-bond acceptors (Lipinski definition) is 2. The van der Waals surface area contributed by atoms with E-state index in [0.717, 1.165) is 49.7 Å². The van der Waals surface area contributed by atoms with Gasteiger partial charge in [0.05, 0.1) is 24.6 Å². The van der Waals surface area contributed by atoms with Crippen LogP contribution in [0.1, 0.15) is 5.56 Å². The van der Waals surface area contributed by atoms with Gasteiger partial charge in [0, 0.05) is 10.8 Å². The van der Waals surface area contributed by atoms with Crippen molar-refractivity contribution >= 4 is 38.5 Å². The van der Waals surface area contributed by atoms with Gasteiger partial charge in [0.2, 0.25) is 0 Å². The third-order valence-corrected chi connectivity index (χ3v) is 5.08. The smallest absolute Gasteiger partial charge is 0.287 e. The lowest BCUT2D eigenvalue weighted by Gasteiger charge is -2.09. The van der Waals surface area contributed by atoms with Crippen molar-refractivity contribution in [2.24, 2.45) is 7.05 Å². The van der Waals surface area contributed by atoms with Crippen molar-refractivity contribution in [2.45, 2.75) is 6.92 Å². The molecule has 0 saturated carbocycles. The highest BCUT2D eigenvalue weighted by Crippen LogP contribution is 2.39. The Labute approximate surface area is 156 Å². The van der Waals surface area contributed by atoms with E-state index in [-0.39, 0.29) is 0 Å². The number of benzene rings is 3. The molecular weight excluding hydrogens is 334 g/mol. The number of furan rings is 1. The van der Waals surface area contributed by atoms with E-state index in [4.69, 9.17) is 11.0 Å². The van der Waals surface area contributed by atoms with Gasteiger partial charge in [0.15, 0.2) is 11.2 Å². The first-order chi connectivity index (χ1) is 13.2. The zero-order valence-corrected chi connectivity index (χ0v) is 15.0. The fraction of sp³-hybridized carbons (Fsp3) is 0.0870. The molecule has 5 rings (SSSR count). The number of nitrogens with zero attached hydrogens (tertiary/aromatic N) is 3. The molecule has 0 aliphatic rings. The summed E-state index contributed by atoms with van der Waals surface area (Å²) in [6.45, 7) is 9.35. The fourth-order valence-corrected chi connectivity index (χ4v) is 3.78. The van der Waals surface area contributed by atoms with Crippen LogP contribution in [0.2, 0.25) is 0 Å². The van der Waals surface area contributed by atoms with Crippen LogP contribution in [-0.2, 0) is 7.05 Å². The molecule has 0 saturated heterocycles. The maximum absolute atomic E-state index is 7.26. The molecular formula is C23H16N3O+. The predicted octanol–water partition coefficient (Wildman–Crippen LogP) is 5.48.